The fourth-order valence-electron chi connectivity index (χ4n) is 2.98. The van der Waals surface area contributed by atoms with E-state index in [0.717, 1.165) is 25.9 Å². The summed E-state index contributed by atoms with van der Waals surface area (Å²) in [5, 5.41) is 17.1. The molecule has 1 heterocycles. The van der Waals surface area contributed by atoms with Crippen molar-refractivity contribution in [2.75, 3.05) is 13.1 Å². The van der Waals surface area contributed by atoms with Crippen LogP contribution in [0.5, 0.6) is 0 Å². The second-order valence-corrected chi connectivity index (χ2v) is 5.93. The summed E-state index contributed by atoms with van der Waals surface area (Å²) in [7, 11) is 0. The highest BCUT2D eigenvalue weighted by Crippen LogP contribution is 2.24. The second kappa shape index (κ2) is 9.47. The molecule has 6 nitrogen and oxygen atoms in total. The minimum absolute atomic E-state index is 0. The molecular formula is C16H24ClN3O3. The Bertz CT molecular complexity index is 533. The lowest BCUT2D eigenvalue weighted by atomic mass is 9.84. The van der Waals surface area contributed by atoms with Gasteiger partial charge in [-0.25, -0.2) is 0 Å². The molecule has 1 amide bonds. The van der Waals surface area contributed by atoms with Gasteiger partial charge in [-0.1, -0.05) is 25.1 Å². The van der Waals surface area contributed by atoms with E-state index in [0.29, 0.717) is 23.8 Å². The van der Waals surface area contributed by atoms with Gasteiger partial charge >= 0.3 is 0 Å². The summed E-state index contributed by atoms with van der Waals surface area (Å²) >= 11 is 0. The SMILES string of the molecule is CC(CC(=O)NCc1ccccc1[N+](=O)[O-])C1CCNCC1.Cl. The fraction of sp³-hybridized carbons (Fsp3) is 0.562. The first kappa shape index (κ1) is 19.4. The van der Waals surface area contributed by atoms with Crippen LogP contribution in [0.15, 0.2) is 24.3 Å². The lowest BCUT2D eigenvalue weighted by Gasteiger charge is -2.27. The zero-order chi connectivity index (χ0) is 15.9. The van der Waals surface area contributed by atoms with Crippen LogP contribution in [0.3, 0.4) is 0 Å². The predicted molar refractivity (Wildman–Crippen MR) is 91.6 cm³/mol. The normalized spacial score (nSPS) is 16.2. The van der Waals surface area contributed by atoms with E-state index in [2.05, 4.69) is 17.6 Å². The Morgan fingerprint density at radius 3 is 2.70 bits per heavy atom. The van der Waals surface area contributed by atoms with Crippen LogP contribution in [-0.2, 0) is 11.3 Å². The zero-order valence-corrected chi connectivity index (χ0v) is 14.1. The monoisotopic (exact) mass is 341 g/mol. The Morgan fingerprint density at radius 2 is 2.04 bits per heavy atom. The Kier molecular flexibility index (Phi) is 7.98. The molecule has 1 saturated heterocycles. The van der Waals surface area contributed by atoms with Crippen molar-refractivity contribution in [3.8, 4) is 0 Å². The first-order valence-corrected chi connectivity index (χ1v) is 7.77. The lowest BCUT2D eigenvalue weighted by molar-refractivity contribution is -0.385. The number of amides is 1. The van der Waals surface area contributed by atoms with Gasteiger partial charge in [0.1, 0.15) is 0 Å². The van der Waals surface area contributed by atoms with Crippen molar-refractivity contribution in [2.45, 2.75) is 32.7 Å². The molecule has 0 radical (unpaired) electrons. The number of benzene rings is 1. The summed E-state index contributed by atoms with van der Waals surface area (Å²) in [6.45, 7) is 4.36. The molecule has 7 heteroatoms. The summed E-state index contributed by atoms with van der Waals surface area (Å²) in [6, 6.07) is 6.50. The first-order chi connectivity index (χ1) is 10.6. The Labute approximate surface area is 142 Å². The van der Waals surface area contributed by atoms with Crippen LogP contribution in [0.4, 0.5) is 5.69 Å². The number of carbonyl (C=O) groups excluding carboxylic acids is 1. The number of hydrogen-bond acceptors (Lipinski definition) is 4. The van der Waals surface area contributed by atoms with E-state index in [1.54, 1.807) is 18.2 Å². The average Bonchev–Trinajstić information content (AvgIpc) is 2.54. The lowest BCUT2D eigenvalue weighted by Crippen LogP contribution is -2.33. The third kappa shape index (κ3) is 5.80. The van der Waals surface area contributed by atoms with Crippen molar-refractivity contribution in [1.29, 1.82) is 0 Å². The van der Waals surface area contributed by atoms with Crippen molar-refractivity contribution >= 4 is 24.0 Å². The minimum Gasteiger partial charge on any atom is -0.352 e. The van der Waals surface area contributed by atoms with E-state index in [9.17, 15) is 14.9 Å². The molecule has 23 heavy (non-hydrogen) atoms. The molecule has 2 rings (SSSR count). The summed E-state index contributed by atoms with van der Waals surface area (Å²) in [5.74, 6) is 0.884. The molecule has 0 saturated carbocycles. The van der Waals surface area contributed by atoms with Crippen LogP contribution >= 0.6 is 12.4 Å². The van der Waals surface area contributed by atoms with Gasteiger partial charge in [-0.15, -0.1) is 12.4 Å². The van der Waals surface area contributed by atoms with Crippen LogP contribution < -0.4 is 10.6 Å². The van der Waals surface area contributed by atoms with E-state index < -0.39 is 4.92 Å². The third-order valence-electron chi connectivity index (χ3n) is 4.36. The molecule has 1 unspecified atom stereocenters. The topological polar surface area (TPSA) is 84.3 Å². The van der Waals surface area contributed by atoms with Gasteiger partial charge < -0.3 is 10.6 Å². The van der Waals surface area contributed by atoms with Gasteiger partial charge in [0, 0.05) is 24.6 Å². The molecular weight excluding hydrogens is 318 g/mol. The van der Waals surface area contributed by atoms with Gasteiger partial charge in [0.15, 0.2) is 0 Å². The first-order valence-electron chi connectivity index (χ1n) is 7.77. The van der Waals surface area contributed by atoms with E-state index in [4.69, 9.17) is 0 Å². The van der Waals surface area contributed by atoms with Gasteiger partial charge in [-0.3, -0.25) is 14.9 Å². The third-order valence-corrected chi connectivity index (χ3v) is 4.36. The molecule has 1 aromatic carbocycles. The molecule has 0 bridgehead atoms. The highest BCUT2D eigenvalue weighted by molar-refractivity contribution is 5.85. The van der Waals surface area contributed by atoms with E-state index in [1.165, 1.54) is 6.07 Å². The largest absolute Gasteiger partial charge is 0.352 e. The Hall–Kier alpha value is -1.66. The molecule has 2 N–H and O–H groups in total. The van der Waals surface area contributed by atoms with Crippen LogP contribution in [0.2, 0.25) is 0 Å². The highest BCUT2D eigenvalue weighted by atomic mass is 35.5. The van der Waals surface area contributed by atoms with Crippen molar-refractivity contribution in [2.24, 2.45) is 11.8 Å². The van der Waals surface area contributed by atoms with Gasteiger partial charge in [-0.05, 0) is 37.8 Å². The van der Waals surface area contributed by atoms with Crippen molar-refractivity contribution in [1.82, 2.24) is 10.6 Å². The van der Waals surface area contributed by atoms with Crippen LogP contribution in [0, 0.1) is 22.0 Å². The number of piperidine rings is 1. The number of hydrogen-bond donors (Lipinski definition) is 2. The Morgan fingerprint density at radius 1 is 1.39 bits per heavy atom. The van der Waals surface area contributed by atoms with Crippen LogP contribution in [0.25, 0.3) is 0 Å². The quantitative estimate of drug-likeness (QED) is 0.615. The van der Waals surface area contributed by atoms with Gasteiger partial charge in [0.05, 0.1) is 4.92 Å². The van der Waals surface area contributed by atoms with Crippen LogP contribution in [-0.4, -0.2) is 23.9 Å². The van der Waals surface area contributed by atoms with Crippen LogP contribution in [0.1, 0.15) is 31.7 Å². The van der Waals surface area contributed by atoms with Gasteiger partial charge in [0.25, 0.3) is 5.69 Å². The van der Waals surface area contributed by atoms with Gasteiger partial charge in [0.2, 0.25) is 5.91 Å². The number of carbonyl (C=O) groups is 1. The number of nitro groups is 1. The number of nitrogens with zero attached hydrogens (tertiary/aromatic N) is 1. The van der Waals surface area contributed by atoms with Crippen molar-refractivity contribution in [3.63, 3.8) is 0 Å². The molecule has 128 valence electrons. The molecule has 1 fully saturated rings. The predicted octanol–water partition coefficient (Wildman–Crippen LogP) is 2.66. The summed E-state index contributed by atoms with van der Waals surface area (Å²) in [6.07, 6.45) is 2.70. The molecule has 0 aromatic heterocycles. The smallest absolute Gasteiger partial charge is 0.274 e. The number of rotatable bonds is 6. The van der Waals surface area contributed by atoms with E-state index >= 15 is 0 Å². The number of nitro benzene ring substituents is 1. The Balaban J connectivity index is 0.00000264. The summed E-state index contributed by atoms with van der Waals surface area (Å²) < 4.78 is 0. The number of nitrogens with one attached hydrogen (secondary N) is 2. The molecule has 1 aromatic rings. The average molecular weight is 342 g/mol. The fourth-order valence-corrected chi connectivity index (χ4v) is 2.98. The standard InChI is InChI=1S/C16H23N3O3.ClH/c1-12(13-6-8-17-9-7-13)10-16(20)18-11-14-4-2-3-5-15(14)19(21)22;/h2-5,12-13,17H,6-11H2,1H3,(H,18,20);1H. The highest BCUT2D eigenvalue weighted by Gasteiger charge is 2.22. The zero-order valence-electron chi connectivity index (χ0n) is 13.3. The summed E-state index contributed by atoms with van der Waals surface area (Å²) in [5.41, 5.74) is 0.588. The van der Waals surface area contributed by atoms with Crippen molar-refractivity contribution < 1.29 is 9.72 Å². The van der Waals surface area contributed by atoms with E-state index in [-0.39, 0.29) is 30.5 Å². The molecule has 0 spiro atoms. The van der Waals surface area contributed by atoms with Crippen molar-refractivity contribution in [3.05, 3.63) is 39.9 Å². The summed E-state index contributed by atoms with van der Waals surface area (Å²) in [4.78, 5) is 22.6. The maximum absolute atomic E-state index is 12.1. The molecule has 1 aliphatic rings. The number of halogens is 1. The maximum Gasteiger partial charge on any atom is 0.274 e. The molecule has 0 aliphatic carbocycles. The molecule has 1 atom stereocenters. The second-order valence-electron chi connectivity index (χ2n) is 5.93. The minimum atomic E-state index is -0.418. The number of para-hydroxylation sites is 1. The molecule has 1 aliphatic heterocycles. The maximum atomic E-state index is 12.1. The van der Waals surface area contributed by atoms with Gasteiger partial charge in [-0.2, -0.15) is 0 Å². The van der Waals surface area contributed by atoms with E-state index in [1.807, 2.05) is 0 Å².